The maximum absolute atomic E-state index is 9.69. The zero-order valence-electron chi connectivity index (χ0n) is 10.5. The molecule has 0 atom stereocenters. The summed E-state index contributed by atoms with van der Waals surface area (Å²) in [6.07, 6.45) is 0. The molecule has 0 spiro atoms. The molecule has 2 N–H and O–H groups in total. The topological polar surface area (TPSA) is 127 Å². The van der Waals surface area contributed by atoms with Gasteiger partial charge in [0.2, 0.25) is 0 Å². The minimum atomic E-state index is -1.14. The lowest BCUT2D eigenvalue weighted by Gasteiger charge is -1.88. The van der Waals surface area contributed by atoms with E-state index >= 15 is 0 Å². The summed E-state index contributed by atoms with van der Waals surface area (Å²) in [6.45, 7) is 4.27. The van der Waals surface area contributed by atoms with E-state index < -0.39 is 21.2 Å². The molecule has 0 fully saturated rings. The summed E-state index contributed by atoms with van der Waals surface area (Å²) < 4.78 is 8.53. The minimum Gasteiger partial charge on any atom is -0.473 e. The average molecular weight is 368 g/mol. The highest BCUT2D eigenvalue weighted by Gasteiger charge is 1.83. The Morgan fingerprint density at radius 2 is 0.900 bits per heavy atom. The molecule has 0 saturated carbocycles. The third-order valence-electron chi connectivity index (χ3n) is 0.536. The molecule has 0 bridgehead atoms. The fourth-order valence-electron chi connectivity index (χ4n) is 0.247. The van der Waals surface area contributed by atoms with Crippen LogP contribution in [0.1, 0.15) is 13.8 Å². The predicted octanol–water partition coefficient (Wildman–Crippen LogP) is 3.33. The van der Waals surface area contributed by atoms with E-state index in [1.807, 2.05) is 0 Å². The van der Waals surface area contributed by atoms with Crippen molar-refractivity contribution in [2.24, 2.45) is 0 Å². The average Bonchev–Trinajstić information content (AvgIpc) is 2.15. The second-order valence-corrected chi connectivity index (χ2v) is 3.46. The zero-order chi connectivity index (χ0) is 17.1. The highest BCUT2D eigenvalue weighted by Crippen LogP contribution is 1.82. The Labute approximate surface area is 137 Å². The molecule has 0 saturated heterocycles. The molecule has 8 nitrogen and oxygen atoms in total. The summed E-state index contributed by atoms with van der Waals surface area (Å²) >= 11 is 12.4. The van der Waals surface area contributed by atoms with Crippen molar-refractivity contribution < 1.29 is 38.9 Å². The van der Waals surface area contributed by atoms with Crippen molar-refractivity contribution in [3.63, 3.8) is 0 Å². The molecule has 0 rings (SSSR count). The summed E-state index contributed by atoms with van der Waals surface area (Å²) in [5.74, 6) is 0. The van der Waals surface area contributed by atoms with Gasteiger partial charge in [-0.15, -0.1) is 0 Å². The number of rotatable bonds is 2. The summed E-state index contributed by atoms with van der Waals surface area (Å²) in [7, 11) is 0. The summed E-state index contributed by atoms with van der Waals surface area (Å²) in [5, 5.41) is 11.3. The van der Waals surface area contributed by atoms with E-state index in [0.717, 1.165) is 0 Å². The Bertz CT molecular complexity index is 248. The second kappa shape index (κ2) is 23.4. The molecular weight excluding hydrogens is 352 g/mol. The van der Waals surface area contributed by atoms with Gasteiger partial charge < -0.3 is 19.7 Å². The normalized spacial score (nSPS) is 7.10. The van der Waals surface area contributed by atoms with E-state index in [-0.39, 0.29) is 0 Å². The van der Waals surface area contributed by atoms with Crippen LogP contribution in [0.5, 0.6) is 0 Å². The maximum Gasteiger partial charge on any atom is 0.364 e. The van der Waals surface area contributed by atoms with Crippen molar-refractivity contribution in [1.29, 1.82) is 0 Å². The van der Waals surface area contributed by atoms with Crippen LogP contribution in [0, 0.1) is 0 Å². The monoisotopic (exact) mass is 368 g/mol. The van der Waals surface area contributed by atoms with E-state index in [1.54, 1.807) is 13.8 Å². The fourth-order valence-corrected chi connectivity index (χ4v) is 0.505. The van der Waals surface area contributed by atoms with Crippen molar-refractivity contribution in [3.8, 4) is 0 Å². The van der Waals surface area contributed by atoms with Gasteiger partial charge in [-0.3, -0.25) is 0 Å². The van der Waals surface area contributed by atoms with Gasteiger partial charge in [0.1, 0.15) is 0 Å². The number of thiol groups is 4. The zero-order valence-corrected chi connectivity index (χ0v) is 14.1. The first-order chi connectivity index (χ1) is 9.00. The highest BCUT2D eigenvalue weighted by atomic mass is 32.1. The van der Waals surface area contributed by atoms with E-state index in [2.05, 4.69) is 60.0 Å². The minimum absolute atomic E-state index is 0.405. The number of hydrogen-bond donors (Lipinski definition) is 6. The summed E-state index contributed by atoms with van der Waals surface area (Å²) in [4.78, 5) is 37.1. The van der Waals surface area contributed by atoms with Crippen LogP contribution in [-0.2, 0) is 9.47 Å². The van der Waals surface area contributed by atoms with Crippen molar-refractivity contribution in [2.45, 2.75) is 13.8 Å². The number of carbonyl (C=O) groups excluding carboxylic acids is 2. The van der Waals surface area contributed by atoms with Crippen LogP contribution in [0.15, 0.2) is 0 Å². The van der Waals surface area contributed by atoms with E-state index in [4.69, 9.17) is 19.8 Å². The van der Waals surface area contributed by atoms with Crippen LogP contribution in [0.25, 0.3) is 0 Å². The van der Waals surface area contributed by atoms with Crippen LogP contribution in [0.2, 0.25) is 0 Å². The molecule has 0 aliphatic carbocycles. The van der Waals surface area contributed by atoms with Gasteiger partial charge in [-0.25, -0.2) is 19.2 Å². The molecule has 0 aliphatic rings. The first-order valence-corrected chi connectivity index (χ1v) is 6.35. The lowest BCUT2D eigenvalue weighted by atomic mass is 10.9. The first kappa shape index (κ1) is 27.6. The third-order valence-corrected chi connectivity index (χ3v) is 0.794. The Hall–Kier alpha value is -0.720. The van der Waals surface area contributed by atoms with Crippen LogP contribution < -0.4 is 0 Å². The van der Waals surface area contributed by atoms with Crippen molar-refractivity contribution >= 4 is 71.7 Å². The van der Waals surface area contributed by atoms with Crippen LogP contribution in [0.4, 0.5) is 19.2 Å². The van der Waals surface area contributed by atoms with E-state index in [9.17, 15) is 9.59 Å². The Morgan fingerprint density at radius 3 is 0.900 bits per heavy atom. The predicted molar refractivity (Wildman–Crippen MR) is 86.0 cm³/mol. The highest BCUT2D eigenvalue weighted by molar-refractivity contribution is 7.96. The largest absolute Gasteiger partial charge is 0.473 e. The van der Waals surface area contributed by atoms with Gasteiger partial charge in [0.15, 0.2) is 0 Å². The van der Waals surface area contributed by atoms with E-state index in [0.29, 0.717) is 13.2 Å². The Balaban J connectivity index is -0.0000000871. The van der Waals surface area contributed by atoms with Crippen LogP contribution in [0.3, 0.4) is 0 Å². The van der Waals surface area contributed by atoms with Crippen molar-refractivity contribution in [3.05, 3.63) is 0 Å². The van der Waals surface area contributed by atoms with Crippen LogP contribution >= 0.6 is 50.5 Å². The molecule has 0 radical (unpaired) electrons. The molecule has 0 unspecified atom stereocenters. The van der Waals surface area contributed by atoms with Gasteiger partial charge in [-0.1, -0.05) is 50.5 Å². The second-order valence-electron chi connectivity index (χ2n) is 1.96. The van der Waals surface area contributed by atoms with Crippen molar-refractivity contribution in [2.75, 3.05) is 13.2 Å². The van der Waals surface area contributed by atoms with Gasteiger partial charge >= 0.3 is 21.2 Å². The smallest absolute Gasteiger partial charge is 0.364 e. The molecule has 0 aromatic carbocycles. The van der Waals surface area contributed by atoms with Gasteiger partial charge in [0.05, 0.1) is 13.2 Å². The lowest BCUT2D eigenvalue weighted by Crippen LogP contribution is -1.89. The lowest BCUT2D eigenvalue weighted by molar-refractivity contribution is 0.181. The quantitative estimate of drug-likeness (QED) is 0.324. The fraction of sp³-hybridized carbons (Fsp3) is 0.500. The maximum atomic E-state index is 9.69. The standard InChI is InChI=1S/2C3H6O2S.2CH2O2S/c2*1-2-5-3(4)6;2*2-1(3)4/h2*2H2,1H3,(H,4,6);2*4H,(H,2,3). The third kappa shape index (κ3) is 164. The molecule has 0 aromatic heterocycles. The first-order valence-electron chi connectivity index (χ1n) is 4.56. The Kier molecular flexibility index (Phi) is 32.3. The van der Waals surface area contributed by atoms with Crippen molar-refractivity contribution in [1.82, 2.24) is 0 Å². The van der Waals surface area contributed by atoms with Gasteiger partial charge in [0.25, 0.3) is 0 Å². The van der Waals surface area contributed by atoms with Gasteiger partial charge in [-0.05, 0) is 13.8 Å². The summed E-state index contributed by atoms with van der Waals surface area (Å²) in [5.41, 5.74) is 0. The van der Waals surface area contributed by atoms with Crippen LogP contribution in [-0.4, -0.2) is 44.6 Å². The van der Waals surface area contributed by atoms with Gasteiger partial charge in [0, 0.05) is 0 Å². The Morgan fingerprint density at radius 1 is 0.750 bits per heavy atom. The molecule has 120 valence electrons. The van der Waals surface area contributed by atoms with E-state index in [1.165, 1.54) is 0 Å². The molecule has 0 aliphatic heterocycles. The summed E-state index contributed by atoms with van der Waals surface area (Å²) in [6, 6.07) is 0. The molecule has 0 aromatic rings. The molecule has 0 amide bonds. The molecule has 20 heavy (non-hydrogen) atoms. The molecule has 12 heteroatoms. The number of ether oxygens (including phenoxy) is 2. The van der Waals surface area contributed by atoms with Gasteiger partial charge in [-0.2, -0.15) is 0 Å². The number of carbonyl (C=O) groups is 4. The number of hydrogen-bond acceptors (Lipinski definition) is 6. The molecular formula is C8H16O8S4. The number of carboxylic acid groups (broad SMARTS) is 2. The SMILES string of the molecule is CCOC(=O)S.CCOC(=O)S.O=C(O)S.O=C(O)S. The molecule has 0 heterocycles.